The number of hydrogen-bond acceptors (Lipinski definition) is 3. The molecule has 0 atom stereocenters. The molecule has 5 heteroatoms. The Kier molecular flexibility index (Phi) is 2.40. The third-order valence-electron chi connectivity index (χ3n) is 1.98. The summed E-state index contributed by atoms with van der Waals surface area (Å²) in [5, 5.41) is 13.6. The molecule has 0 N–H and O–H groups in total. The van der Waals surface area contributed by atoms with E-state index in [2.05, 4.69) is 10.1 Å². The molecule has 2 rings (SSSR count). The van der Waals surface area contributed by atoms with Gasteiger partial charge in [0.05, 0.1) is 10.7 Å². The molecule has 0 bridgehead atoms. The Hall–Kier alpha value is -1.86. The first-order valence-electron chi connectivity index (χ1n) is 4.29. The Morgan fingerprint density at radius 2 is 2.33 bits per heavy atom. The number of hydrogen-bond donors (Lipinski definition) is 0. The van der Waals surface area contributed by atoms with Crippen molar-refractivity contribution in [1.82, 2.24) is 14.8 Å². The van der Waals surface area contributed by atoms with Crippen LogP contribution in [0.25, 0.3) is 5.69 Å². The van der Waals surface area contributed by atoms with Crippen LogP contribution in [0.5, 0.6) is 0 Å². The number of halogens is 1. The lowest BCUT2D eigenvalue weighted by atomic mass is 10.3. The van der Waals surface area contributed by atoms with Crippen LogP contribution in [0.3, 0.4) is 0 Å². The van der Waals surface area contributed by atoms with Gasteiger partial charge >= 0.3 is 0 Å². The zero-order valence-corrected chi connectivity index (χ0v) is 8.73. The van der Waals surface area contributed by atoms with E-state index in [0.717, 1.165) is 5.69 Å². The van der Waals surface area contributed by atoms with Crippen LogP contribution in [0.2, 0.25) is 5.02 Å². The van der Waals surface area contributed by atoms with E-state index in [9.17, 15) is 0 Å². The Balaban J connectivity index is 2.59. The first-order valence-corrected chi connectivity index (χ1v) is 4.67. The number of aryl methyl sites for hydroxylation is 1. The maximum Gasteiger partial charge on any atom is 0.166 e. The van der Waals surface area contributed by atoms with Gasteiger partial charge in [0.2, 0.25) is 0 Å². The number of rotatable bonds is 1. The Morgan fingerprint density at radius 1 is 1.53 bits per heavy atom. The normalized spacial score (nSPS) is 9.93. The van der Waals surface area contributed by atoms with Crippen LogP contribution in [-0.2, 0) is 0 Å². The van der Waals surface area contributed by atoms with Gasteiger partial charge in [-0.2, -0.15) is 10.4 Å². The van der Waals surface area contributed by atoms with Gasteiger partial charge < -0.3 is 0 Å². The average molecular weight is 219 g/mol. The Morgan fingerprint density at radius 3 is 2.93 bits per heavy atom. The molecule has 2 heterocycles. The first-order chi connectivity index (χ1) is 7.22. The van der Waals surface area contributed by atoms with Crippen molar-refractivity contribution in [2.24, 2.45) is 0 Å². The monoisotopic (exact) mass is 218 g/mol. The molecule has 74 valence electrons. The van der Waals surface area contributed by atoms with Crippen molar-refractivity contribution in [2.75, 3.05) is 0 Å². The van der Waals surface area contributed by atoms with Crippen LogP contribution in [0.15, 0.2) is 24.5 Å². The van der Waals surface area contributed by atoms with Gasteiger partial charge in [-0.05, 0) is 19.1 Å². The Bertz CT molecular complexity index is 519. The van der Waals surface area contributed by atoms with Crippen LogP contribution >= 0.6 is 11.6 Å². The zero-order valence-electron chi connectivity index (χ0n) is 7.98. The van der Waals surface area contributed by atoms with Crippen LogP contribution in [0.1, 0.15) is 11.4 Å². The maximum absolute atomic E-state index is 8.87. The fourth-order valence-corrected chi connectivity index (χ4v) is 1.36. The standard InChI is InChI=1S/C10H7ClN4/c1-7-8(11)6-15(14-7)10-3-2-4-13-9(10)5-12/h2-4,6H,1H3. The molecule has 0 aliphatic heterocycles. The second-order valence-electron chi connectivity index (χ2n) is 2.99. The minimum absolute atomic E-state index is 0.330. The third kappa shape index (κ3) is 1.69. The molecule has 2 aromatic heterocycles. The highest BCUT2D eigenvalue weighted by Gasteiger charge is 2.08. The average Bonchev–Trinajstić information content (AvgIpc) is 2.59. The van der Waals surface area contributed by atoms with E-state index in [1.54, 1.807) is 36.1 Å². The summed E-state index contributed by atoms with van der Waals surface area (Å²) in [6, 6.07) is 5.53. The lowest BCUT2D eigenvalue weighted by Gasteiger charge is -2.01. The lowest BCUT2D eigenvalue weighted by Crippen LogP contribution is -1.99. The molecule has 0 spiro atoms. The third-order valence-corrected chi connectivity index (χ3v) is 2.35. The van der Waals surface area contributed by atoms with Gasteiger partial charge in [0.15, 0.2) is 5.69 Å². The summed E-state index contributed by atoms with van der Waals surface area (Å²) < 4.78 is 1.56. The molecule has 2 aromatic rings. The minimum atomic E-state index is 0.330. The van der Waals surface area contributed by atoms with Crippen molar-refractivity contribution in [3.05, 3.63) is 40.9 Å². The van der Waals surface area contributed by atoms with Gasteiger partial charge in [0, 0.05) is 12.4 Å². The molecule has 0 saturated carbocycles. The van der Waals surface area contributed by atoms with Gasteiger partial charge in [-0.25, -0.2) is 9.67 Å². The van der Waals surface area contributed by atoms with Crippen LogP contribution in [-0.4, -0.2) is 14.8 Å². The van der Waals surface area contributed by atoms with E-state index in [1.807, 2.05) is 6.07 Å². The summed E-state index contributed by atoms with van der Waals surface area (Å²) in [6.07, 6.45) is 3.23. The van der Waals surface area contributed by atoms with E-state index in [4.69, 9.17) is 16.9 Å². The molecule has 4 nitrogen and oxygen atoms in total. The van der Waals surface area contributed by atoms with Gasteiger partial charge in [-0.3, -0.25) is 0 Å². The first kappa shape index (κ1) is 9.69. The van der Waals surface area contributed by atoms with E-state index < -0.39 is 0 Å². The van der Waals surface area contributed by atoms with Crippen molar-refractivity contribution in [1.29, 1.82) is 5.26 Å². The SMILES string of the molecule is Cc1nn(-c2cccnc2C#N)cc1Cl. The summed E-state index contributed by atoms with van der Waals surface area (Å²) in [7, 11) is 0. The molecule has 0 saturated heterocycles. The molecule has 15 heavy (non-hydrogen) atoms. The van der Waals surface area contributed by atoms with Crippen LogP contribution in [0.4, 0.5) is 0 Å². The van der Waals surface area contributed by atoms with E-state index in [0.29, 0.717) is 16.4 Å². The van der Waals surface area contributed by atoms with Crippen LogP contribution < -0.4 is 0 Å². The van der Waals surface area contributed by atoms with Crippen molar-refractivity contribution in [3.63, 3.8) is 0 Å². The fraction of sp³-hybridized carbons (Fsp3) is 0.100. The van der Waals surface area contributed by atoms with Gasteiger partial charge in [0.1, 0.15) is 11.8 Å². The van der Waals surface area contributed by atoms with Crippen molar-refractivity contribution < 1.29 is 0 Å². The van der Waals surface area contributed by atoms with Gasteiger partial charge in [0.25, 0.3) is 0 Å². The van der Waals surface area contributed by atoms with E-state index in [1.165, 1.54) is 0 Å². The van der Waals surface area contributed by atoms with E-state index in [-0.39, 0.29) is 0 Å². The predicted octanol–water partition coefficient (Wildman–Crippen LogP) is 2.10. The minimum Gasteiger partial charge on any atom is -0.243 e. The summed E-state index contributed by atoms with van der Waals surface area (Å²) in [4.78, 5) is 3.95. The molecule has 0 aliphatic carbocycles. The van der Waals surface area contributed by atoms with Gasteiger partial charge in [-0.15, -0.1) is 0 Å². The highest BCUT2D eigenvalue weighted by Crippen LogP contribution is 2.17. The quantitative estimate of drug-likeness (QED) is 0.737. The summed E-state index contributed by atoms with van der Waals surface area (Å²) in [6.45, 7) is 1.81. The molecule has 0 radical (unpaired) electrons. The Labute approximate surface area is 91.7 Å². The number of nitriles is 1. The van der Waals surface area contributed by atoms with Crippen molar-refractivity contribution >= 4 is 11.6 Å². The fourth-order valence-electron chi connectivity index (χ4n) is 1.23. The smallest absolute Gasteiger partial charge is 0.166 e. The molecular weight excluding hydrogens is 212 g/mol. The zero-order chi connectivity index (χ0) is 10.8. The molecule has 0 aromatic carbocycles. The molecular formula is C10H7ClN4. The number of pyridine rings is 1. The van der Waals surface area contributed by atoms with Crippen molar-refractivity contribution in [2.45, 2.75) is 6.92 Å². The predicted molar refractivity (Wildman–Crippen MR) is 55.8 cm³/mol. The number of nitrogens with zero attached hydrogens (tertiary/aromatic N) is 4. The maximum atomic E-state index is 8.87. The van der Waals surface area contributed by atoms with E-state index >= 15 is 0 Å². The topological polar surface area (TPSA) is 54.5 Å². The van der Waals surface area contributed by atoms with Crippen molar-refractivity contribution in [3.8, 4) is 11.8 Å². The molecule has 0 unspecified atom stereocenters. The number of aromatic nitrogens is 3. The largest absolute Gasteiger partial charge is 0.243 e. The highest BCUT2D eigenvalue weighted by atomic mass is 35.5. The summed E-state index contributed by atoms with van der Waals surface area (Å²) in [5.74, 6) is 0. The highest BCUT2D eigenvalue weighted by molar-refractivity contribution is 6.31. The molecule has 0 amide bonds. The second-order valence-corrected chi connectivity index (χ2v) is 3.40. The molecule has 0 fully saturated rings. The molecule has 0 aliphatic rings. The van der Waals surface area contributed by atoms with Crippen LogP contribution in [0, 0.1) is 18.3 Å². The summed E-state index contributed by atoms with van der Waals surface area (Å²) in [5.41, 5.74) is 1.69. The second kappa shape index (κ2) is 3.71. The summed E-state index contributed by atoms with van der Waals surface area (Å²) >= 11 is 5.89. The van der Waals surface area contributed by atoms with Gasteiger partial charge in [-0.1, -0.05) is 11.6 Å². The lowest BCUT2D eigenvalue weighted by molar-refractivity contribution is 0.852.